The molecular weight excluding hydrogens is 459 g/mol. The van der Waals surface area contributed by atoms with Crippen molar-refractivity contribution < 1.29 is 23.3 Å². The summed E-state index contributed by atoms with van der Waals surface area (Å²) in [4.78, 5) is 18.2. The van der Waals surface area contributed by atoms with Gasteiger partial charge in [0.1, 0.15) is 11.6 Å². The van der Waals surface area contributed by atoms with Gasteiger partial charge in [-0.2, -0.15) is 0 Å². The Hall–Kier alpha value is -3.56. The van der Waals surface area contributed by atoms with Crippen LogP contribution in [0.2, 0.25) is 0 Å². The van der Waals surface area contributed by atoms with Crippen molar-refractivity contribution in [2.45, 2.75) is 24.1 Å². The first-order chi connectivity index (χ1) is 16.7. The van der Waals surface area contributed by atoms with Gasteiger partial charge in [0.15, 0.2) is 23.4 Å². The maximum absolute atomic E-state index is 14.2. The van der Waals surface area contributed by atoms with Crippen LogP contribution >= 0.6 is 11.8 Å². The number of hydrogen-bond donors (Lipinski definition) is 0. The van der Waals surface area contributed by atoms with E-state index in [-0.39, 0.29) is 25.0 Å². The van der Waals surface area contributed by atoms with Gasteiger partial charge >= 0.3 is 0 Å². The van der Waals surface area contributed by atoms with Crippen molar-refractivity contribution in [1.82, 2.24) is 9.55 Å². The molecule has 7 nitrogen and oxygen atoms in total. The van der Waals surface area contributed by atoms with Crippen LogP contribution in [0.25, 0.3) is 10.9 Å². The minimum atomic E-state index is -0.354. The van der Waals surface area contributed by atoms with Crippen LogP contribution in [0.1, 0.15) is 16.7 Å². The standard InChI is InChI=1S/C25H19FN2O5S/c26-18-8-16-11-30-13-33-23(16)17(9-18)12-34-25-27-20-4-2-1-3-19(20)24(29)28(25)10-15-5-6-21-22(7-15)32-14-31-21/h1-9H,10-14H2. The predicted octanol–water partition coefficient (Wildman–Crippen LogP) is 4.47. The average Bonchev–Trinajstić information content (AvgIpc) is 3.32. The van der Waals surface area contributed by atoms with E-state index in [1.807, 2.05) is 36.4 Å². The lowest BCUT2D eigenvalue weighted by molar-refractivity contribution is -0.0171. The molecule has 1 aromatic heterocycles. The second kappa shape index (κ2) is 8.66. The van der Waals surface area contributed by atoms with E-state index in [4.69, 9.17) is 23.9 Å². The molecular formula is C25H19FN2O5S. The molecule has 0 amide bonds. The fraction of sp³-hybridized carbons (Fsp3) is 0.200. The topological polar surface area (TPSA) is 71.8 Å². The maximum atomic E-state index is 14.2. The van der Waals surface area contributed by atoms with Crippen molar-refractivity contribution in [3.63, 3.8) is 0 Å². The predicted molar refractivity (Wildman–Crippen MR) is 124 cm³/mol. The summed E-state index contributed by atoms with van der Waals surface area (Å²) in [6.07, 6.45) is 0. The molecule has 34 heavy (non-hydrogen) atoms. The van der Waals surface area contributed by atoms with Crippen molar-refractivity contribution in [1.29, 1.82) is 0 Å². The molecule has 172 valence electrons. The van der Waals surface area contributed by atoms with Crippen molar-refractivity contribution in [3.8, 4) is 17.2 Å². The Labute approximate surface area is 198 Å². The fourth-order valence-corrected chi connectivity index (χ4v) is 5.09. The zero-order chi connectivity index (χ0) is 23.1. The highest BCUT2D eigenvalue weighted by molar-refractivity contribution is 7.98. The molecule has 9 heteroatoms. The van der Waals surface area contributed by atoms with Crippen LogP contribution in [-0.2, 0) is 23.6 Å². The molecule has 0 unspecified atom stereocenters. The van der Waals surface area contributed by atoms with E-state index in [9.17, 15) is 9.18 Å². The first-order valence-corrected chi connectivity index (χ1v) is 11.7. The van der Waals surface area contributed by atoms with Gasteiger partial charge in [0, 0.05) is 16.9 Å². The Morgan fingerprint density at radius 2 is 1.88 bits per heavy atom. The molecule has 0 bridgehead atoms. The molecule has 3 aromatic carbocycles. The number of ether oxygens (including phenoxy) is 4. The van der Waals surface area contributed by atoms with Crippen LogP contribution in [0.3, 0.4) is 0 Å². The minimum Gasteiger partial charge on any atom is -0.467 e. The lowest BCUT2D eigenvalue weighted by atomic mass is 10.1. The Balaban J connectivity index is 1.38. The number of thioether (sulfide) groups is 1. The van der Waals surface area contributed by atoms with E-state index < -0.39 is 0 Å². The van der Waals surface area contributed by atoms with E-state index in [1.165, 1.54) is 23.9 Å². The molecule has 2 aliphatic heterocycles. The lowest BCUT2D eigenvalue weighted by Gasteiger charge is -2.21. The number of fused-ring (bicyclic) bond motifs is 3. The number of benzene rings is 3. The first-order valence-electron chi connectivity index (χ1n) is 10.7. The summed E-state index contributed by atoms with van der Waals surface area (Å²) in [7, 11) is 0. The third-order valence-corrected chi connectivity index (χ3v) is 6.74. The summed E-state index contributed by atoms with van der Waals surface area (Å²) in [5.41, 5.74) is 2.72. The van der Waals surface area contributed by atoms with E-state index in [0.717, 1.165) is 5.56 Å². The first kappa shape index (κ1) is 21.0. The Morgan fingerprint density at radius 1 is 1.00 bits per heavy atom. The molecule has 0 fully saturated rings. The molecule has 0 atom stereocenters. The van der Waals surface area contributed by atoms with E-state index in [0.29, 0.717) is 63.3 Å². The highest BCUT2D eigenvalue weighted by atomic mass is 32.2. The van der Waals surface area contributed by atoms with Crippen LogP contribution in [0.5, 0.6) is 17.2 Å². The SMILES string of the molecule is O=c1c2ccccc2nc(SCc2cc(F)cc3c2OCOC3)n1Cc1ccc2c(c1)OCO2. The van der Waals surface area contributed by atoms with Gasteiger partial charge in [-0.1, -0.05) is 30.0 Å². The van der Waals surface area contributed by atoms with Crippen LogP contribution < -0.4 is 19.8 Å². The van der Waals surface area contributed by atoms with E-state index in [1.54, 1.807) is 10.6 Å². The zero-order valence-corrected chi connectivity index (χ0v) is 18.8. The van der Waals surface area contributed by atoms with E-state index >= 15 is 0 Å². The third kappa shape index (κ3) is 3.86. The largest absolute Gasteiger partial charge is 0.467 e. The van der Waals surface area contributed by atoms with Gasteiger partial charge in [-0.15, -0.1) is 0 Å². The number of aromatic nitrogens is 2. The quantitative estimate of drug-likeness (QED) is 0.310. The second-order valence-corrected chi connectivity index (χ2v) is 8.89. The lowest BCUT2D eigenvalue weighted by Crippen LogP contribution is -2.24. The summed E-state index contributed by atoms with van der Waals surface area (Å²) in [6, 6.07) is 15.7. The van der Waals surface area contributed by atoms with Crippen LogP contribution in [-0.4, -0.2) is 23.1 Å². The second-order valence-electron chi connectivity index (χ2n) is 7.94. The maximum Gasteiger partial charge on any atom is 0.262 e. The molecule has 6 rings (SSSR count). The van der Waals surface area contributed by atoms with Crippen molar-refractivity contribution in [2.75, 3.05) is 13.6 Å². The average molecular weight is 479 g/mol. The van der Waals surface area contributed by atoms with Gasteiger partial charge in [0.2, 0.25) is 6.79 Å². The van der Waals surface area contributed by atoms with Crippen molar-refractivity contribution >= 4 is 22.7 Å². The molecule has 0 N–H and O–H groups in total. The van der Waals surface area contributed by atoms with Gasteiger partial charge < -0.3 is 18.9 Å². The number of rotatable bonds is 5. The summed E-state index contributed by atoms with van der Waals surface area (Å²) in [5, 5.41) is 1.07. The minimum absolute atomic E-state index is 0.124. The third-order valence-electron chi connectivity index (χ3n) is 5.71. The van der Waals surface area contributed by atoms with Gasteiger partial charge in [0.05, 0.1) is 24.1 Å². The number of halogens is 1. The Bertz CT molecular complexity index is 1470. The van der Waals surface area contributed by atoms with Crippen molar-refractivity contribution in [2.24, 2.45) is 0 Å². The summed E-state index contributed by atoms with van der Waals surface area (Å²) < 4.78 is 37.7. The number of para-hydroxylation sites is 1. The molecule has 0 radical (unpaired) electrons. The molecule has 0 saturated heterocycles. The van der Waals surface area contributed by atoms with Crippen LogP contribution in [0, 0.1) is 5.82 Å². The highest BCUT2D eigenvalue weighted by Crippen LogP contribution is 2.35. The molecule has 3 heterocycles. The summed E-state index contributed by atoms with van der Waals surface area (Å²) in [5.74, 6) is 1.99. The normalized spacial score (nSPS) is 14.1. The Kier molecular flexibility index (Phi) is 5.35. The smallest absolute Gasteiger partial charge is 0.262 e. The molecule has 0 spiro atoms. The molecule has 2 aliphatic rings. The molecule has 0 saturated carbocycles. The summed E-state index contributed by atoms with van der Waals surface area (Å²) in [6.45, 7) is 0.914. The molecule has 0 aliphatic carbocycles. The van der Waals surface area contributed by atoms with Crippen molar-refractivity contribution in [3.05, 3.63) is 87.5 Å². The van der Waals surface area contributed by atoms with Gasteiger partial charge in [-0.05, 0) is 42.0 Å². The Morgan fingerprint density at radius 3 is 2.82 bits per heavy atom. The number of nitrogens with zero attached hydrogens (tertiary/aromatic N) is 2. The highest BCUT2D eigenvalue weighted by Gasteiger charge is 2.20. The molecule has 4 aromatic rings. The zero-order valence-electron chi connectivity index (χ0n) is 18.0. The monoisotopic (exact) mass is 478 g/mol. The van der Waals surface area contributed by atoms with Crippen LogP contribution in [0.4, 0.5) is 4.39 Å². The fourth-order valence-electron chi connectivity index (χ4n) is 4.13. The number of hydrogen-bond acceptors (Lipinski definition) is 7. The summed E-state index contributed by atoms with van der Waals surface area (Å²) >= 11 is 1.36. The van der Waals surface area contributed by atoms with Crippen LogP contribution in [0.15, 0.2) is 64.5 Å². The van der Waals surface area contributed by atoms with Gasteiger partial charge in [-0.25, -0.2) is 9.37 Å². The van der Waals surface area contributed by atoms with Gasteiger partial charge in [-0.3, -0.25) is 9.36 Å². The van der Waals surface area contributed by atoms with E-state index in [2.05, 4.69) is 0 Å². The van der Waals surface area contributed by atoms with Gasteiger partial charge in [0.25, 0.3) is 5.56 Å².